The first kappa shape index (κ1) is 17.4. The molecule has 2 heterocycles. The van der Waals surface area contributed by atoms with E-state index in [-0.39, 0.29) is 5.91 Å². The molecule has 1 amide bonds. The zero-order chi connectivity index (χ0) is 17.8. The van der Waals surface area contributed by atoms with Crippen molar-refractivity contribution in [3.8, 4) is 0 Å². The van der Waals surface area contributed by atoms with Gasteiger partial charge in [-0.15, -0.1) is 16.4 Å². The van der Waals surface area contributed by atoms with Crippen LogP contribution in [-0.2, 0) is 0 Å². The van der Waals surface area contributed by atoms with Crippen LogP contribution in [0.1, 0.15) is 9.67 Å². The van der Waals surface area contributed by atoms with E-state index in [9.17, 15) is 4.79 Å². The lowest BCUT2D eigenvalue weighted by Crippen LogP contribution is -2.10. The van der Waals surface area contributed by atoms with Crippen molar-refractivity contribution in [2.45, 2.75) is 0 Å². The minimum atomic E-state index is -0.124. The number of anilines is 4. The van der Waals surface area contributed by atoms with Crippen molar-refractivity contribution in [2.75, 3.05) is 29.6 Å². The van der Waals surface area contributed by atoms with E-state index in [1.165, 1.54) is 11.3 Å². The molecular formula is C17H16BrN5OS. The Balaban J connectivity index is 1.66. The number of nitrogens with one attached hydrogen (secondary N) is 2. The van der Waals surface area contributed by atoms with Crippen LogP contribution >= 0.6 is 27.3 Å². The van der Waals surface area contributed by atoms with Crippen LogP contribution in [0.5, 0.6) is 0 Å². The molecule has 0 saturated heterocycles. The van der Waals surface area contributed by atoms with E-state index in [0.29, 0.717) is 10.7 Å². The molecule has 0 aliphatic heterocycles. The number of rotatable bonds is 5. The summed E-state index contributed by atoms with van der Waals surface area (Å²) < 4.78 is 0.906. The van der Waals surface area contributed by atoms with Gasteiger partial charge < -0.3 is 15.5 Å². The van der Waals surface area contributed by atoms with E-state index >= 15 is 0 Å². The molecule has 0 aliphatic carbocycles. The first-order valence-electron chi connectivity index (χ1n) is 7.44. The lowest BCUT2D eigenvalue weighted by atomic mass is 10.2. The van der Waals surface area contributed by atoms with Crippen LogP contribution in [0.3, 0.4) is 0 Å². The standard InChI is InChI=1S/C17H16BrN5OS/c1-23(2)14-8-16(22-19-9-14)20-12-3-5-13(6-4-12)21-17(24)15-7-11(18)10-25-15/h3-10H,1-2H3,(H,20,22)(H,21,24). The van der Waals surface area contributed by atoms with Crippen molar-refractivity contribution < 1.29 is 4.79 Å². The molecule has 0 aliphatic rings. The molecule has 1 aromatic carbocycles. The summed E-state index contributed by atoms with van der Waals surface area (Å²) in [7, 11) is 3.90. The first-order chi connectivity index (χ1) is 12.0. The minimum absolute atomic E-state index is 0.124. The van der Waals surface area contributed by atoms with Crippen molar-refractivity contribution in [2.24, 2.45) is 0 Å². The predicted molar refractivity (Wildman–Crippen MR) is 106 cm³/mol. The van der Waals surface area contributed by atoms with Gasteiger partial charge in [0, 0.05) is 41.4 Å². The normalized spacial score (nSPS) is 10.4. The van der Waals surface area contributed by atoms with Gasteiger partial charge in [0.05, 0.1) is 16.8 Å². The molecule has 2 aromatic heterocycles. The Labute approximate surface area is 158 Å². The van der Waals surface area contributed by atoms with Crippen LogP contribution < -0.4 is 15.5 Å². The summed E-state index contributed by atoms with van der Waals surface area (Å²) in [5, 5.41) is 16.0. The number of carbonyl (C=O) groups is 1. The quantitative estimate of drug-likeness (QED) is 0.644. The maximum Gasteiger partial charge on any atom is 0.265 e. The zero-order valence-corrected chi connectivity index (χ0v) is 16.1. The number of hydrogen-bond acceptors (Lipinski definition) is 6. The van der Waals surface area contributed by atoms with Gasteiger partial charge in [0.25, 0.3) is 5.91 Å². The second-order valence-electron chi connectivity index (χ2n) is 5.48. The molecule has 0 atom stereocenters. The Morgan fingerprint density at radius 1 is 1.16 bits per heavy atom. The average molecular weight is 418 g/mol. The van der Waals surface area contributed by atoms with Gasteiger partial charge in [-0.3, -0.25) is 4.79 Å². The molecular weight excluding hydrogens is 402 g/mol. The summed E-state index contributed by atoms with van der Waals surface area (Å²) in [6.07, 6.45) is 1.70. The van der Waals surface area contributed by atoms with Gasteiger partial charge in [0.2, 0.25) is 0 Å². The number of halogens is 1. The topological polar surface area (TPSA) is 70.2 Å². The number of amides is 1. The molecule has 8 heteroatoms. The van der Waals surface area contributed by atoms with Crippen LogP contribution in [0.4, 0.5) is 22.9 Å². The highest BCUT2D eigenvalue weighted by Crippen LogP contribution is 2.23. The van der Waals surface area contributed by atoms with Crippen LogP contribution in [0, 0.1) is 0 Å². The molecule has 0 saturated carbocycles. The van der Waals surface area contributed by atoms with Gasteiger partial charge in [-0.1, -0.05) is 0 Å². The monoisotopic (exact) mass is 417 g/mol. The molecule has 25 heavy (non-hydrogen) atoms. The Bertz CT molecular complexity index is 879. The number of nitrogens with zero attached hydrogens (tertiary/aromatic N) is 3. The summed E-state index contributed by atoms with van der Waals surface area (Å²) in [6, 6.07) is 11.1. The number of benzene rings is 1. The minimum Gasteiger partial charge on any atom is -0.376 e. The molecule has 3 rings (SSSR count). The van der Waals surface area contributed by atoms with Gasteiger partial charge in [-0.05, 0) is 46.3 Å². The largest absolute Gasteiger partial charge is 0.376 e. The summed E-state index contributed by atoms with van der Waals surface area (Å²) >= 11 is 4.74. The Hall–Kier alpha value is -2.45. The van der Waals surface area contributed by atoms with Crippen LogP contribution in [0.2, 0.25) is 0 Å². The van der Waals surface area contributed by atoms with E-state index in [1.807, 2.05) is 54.7 Å². The maximum atomic E-state index is 12.1. The van der Waals surface area contributed by atoms with Crippen molar-refractivity contribution in [3.05, 3.63) is 57.3 Å². The Kier molecular flexibility index (Phi) is 5.30. The van der Waals surface area contributed by atoms with E-state index in [2.05, 4.69) is 36.8 Å². The molecule has 0 bridgehead atoms. The molecule has 2 N–H and O–H groups in total. The lowest BCUT2D eigenvalue weighted by molar-refractivity contribution is 0.103. The molecule has 6 nitrogen and oxygen atoms in total. The third kappa shape index (κ3) is 4.55. The summed E-state index contributed by atoms with van der Waals surface area (Å²) in [6.45, 7) is 0. The molecule has 3 aromatic rings. The zero-order valence-electron chi connectivity index (χ0n) is 13.7. The number of thiophene rings is 1. The van der Waals surface area contributed by atoms with Crippen molar-refractivity contribution in [1.29, 1.82) is 0 Å². The van der Waals surface area contributed by atoms with Crippen LogP contribution in [0.25, 0.3) is 0 Å². The number of carbonyl (C=O) groups excluding carboxylic acids is 1. The fourth-order valence-electron chi connectivity index (χ4n) is 2.07. The maximum absolute atomic E-state index is 12.1. The number of aromatic nitrogens is 2. The van der Waals surface area contributed by atoms with Gasteiger partial charge in [-0.25, -0.2) is 0 Å². The average Bonchev–Trinajstić information content (AvgIpc) is 3.03. The SMILES string of the molecule is CN(C)c1cnnc(Nc2ccc(NC(=O)c3cc(Br)cs3)cc2)c1. The van der Waals surface area contributed by atoms with E-state index in [1.54, 1.807) is 12.3 Å². The summed E-state index contributed by atoms with van der Waals surface area (Å²) in [5.41, 5.74) is 2.55. The fraction of sp³-hybridized carbons (Fsp3) is 0.118. The second kappa shape index (κ2) is 7.62. The van der Waals surface area contributed by atoms with Gasteiger partial charge in [0.15, 0.2) is 5.82 Å². The van der Waals surface area contributed by atoms with Crippen molar-refractivity contribution in [3.63, 3.8) is 0 Å². The van der Waals surface area contributed by atoms with Crippen LogP contribution in [0.15, 0.2) is 52.4 Å². The lowest BCUT2D eigenvalue weighted by Gasteiger charge is -2.13. The van der Waals surface area contributed by atoms with Crippen molar-refractivity contribution >= 4 is 56.1 Å². The summed E-state index contributed by atoms with van der Waals surface area (Å²) in [4.78, 5) is 14.8. The smallest absolute Gasteiger partial charge is 0.265 e. The van der Waals surface area contributed by atoms with Gasteiger partial charge in [-0.2, -0.15) is 5.10 Å². The molecule has 0 fully saturated rings. The molecule has 0 unspecified atom stereocenters. The third-order valence-electron chi connectivity index (χ3n) is 3.36. The molecule has 0 radical (unpaired) electrons. The first-order valence-corrected chi connectivity index (χ1v) is 9.11. The third-order valence-corrected chi connectivity index (χ3v) is 5.05. The Morgan fingerprint density at radius 3 is 2.52 bits per heavy atom. The number of hydrogen-bond donors (Lipinski definition) is 2. The molecule has 0 spiro atoms. The highest BCUT2D eigenvalue weighted by molar-refractivity contribution is 9.10. The molecule has 128 valence electrons. The predicted octanol–water partition coefficient (Wildman–Crippen LogP) is 4.36. The summed E-state index contributed by atoms with van der Waals surface area (Å²) in [5.74, 6) is 0.535. The van der Waals surface area contributed by atoms with Gasteiger partial charge in [0.1, 0.15) is 0 Å². The van der Waals surface area contributed by atoms with Crippen LogP contribution in [-0.4, -0.2) is 30.2 Å². The van der Waals surface area contributed by atoms with Gasteiger partial charge >= 0.3 is 0 Å². The highest BCUT2D eigenvalue weighted by Gasteiger charge is 2.09. The van der Waals surface area contributed by atoms with E-state index in [0.717, 1.165) is 21.5 Å². The fourth-order valence-corrected chi connectivity index (χ4v) is 3.39. The second-order valence-corrected chi connectivity index (χ2v) is 7.31. The van der Waals surface area contributed by atoms with E-state index < -0.39 is 0 Å². The van der Waals surface area contributed by atoms with E-state index in [4.69, 9.17) is 0 Å². The van der Waals surface area contributed by atoms with Crippen molar-refractivity contribution in [1.82, 2.24) is 10.2 Å². The Morgan fingerprint density at radius 2 is 1.88 bits per heavy atom. The highest BCUT2D eigenvalue weighted by atomic mass is 79.9.